The van der Waals surface area contributed by atoms with E-state index in [-0.39, 0.29) is 19.8 Å². The number of hydrogen-bond acceptors (Lipinski definition) is 5. The van der Waals surface area contributed by atoms with Crippen molar-refractivity contribution >= 4 is 7.82 Å². The van der Waals surface area contributed by atoms with E-state index < -0.39 is 13.9 Å². The van der Waals surface area contributed by atoms with Crippen molar-refractivity contribution in [2.75, 3.05) is 54.1 Å². The van der Waals surface area contributed by atoms with Crippen LogP contribution in [0.4, 0.5) is 0 Å². The number of phosphoric ester groups is 1. The number of hydrogen-bond donors (Lipinski definition) is 2. The Morgan fingerprint density at radius 1 is 0.676 bits per heavy atom. The number of ether oxygens (including phenoxy) is 1. The second kappa shape index (κ2) is 22.2. The summed E-state index contributed by atoms with van der Waals surface area (Å²) in [6, 6.07) is 0. The molecule has 0 fully saturated rings. The Morgan fingerprint density at radius 3 is 1.56 bits per heavy atom. The minimum Gasteiger partial charge on any atom is -0.388 e. The van der Waals surface area contributed by atoms with Crippen LogP contribution in [0.15, 0.2) is 0 Å². The summed E-state index contributed by atoms with van der Waals surface area (Å²) in [7, 11) is 1.76. The maximum atomic E-state index is 11.8. The molecule has 0 amide bonds. The van der Waals surface area contributed by atoms with Crippen LogP contribution < -0.4 is 0 Å². The zero-order valence-electron chi connectivity index (χ0n) is 22.8. The third kappa shape index (κ3) is 26.6. The van der Waals surface area contributed by atoms with Gasteiger partial charge in [-0.15, -0.1) is 0 Å². The van der Waals surface area contributed by atoms with E-state index in [1.807, 2.05) is 21.1 Å². The summed E-state index contributed by atoms with van der Waals surface area (Å²) in [6.07, 6.45) is 20.4. The van der Waals surface area contributed by atoms with E-state index in [4.69, 9.17) is 13.8 Å². The molecule has 8 heteroatoms. The van der Waals surface area contributed by atoms with Crippen molar-refractivity contribution in [2.24, 2.45) is 0 Å². The van der Waals surface area contributed by atoms with Gasteiger partial charge in [-0.1, -0.05) is 103 Å². The van der Waals surface area contributed by atoms with Gasteiger partial charge in [0.1, 0.15) is 19.3 Å². The van der Waals surface area contributed by atoms with Crippen molar-refractivity contribution in [3.05, 3.63) is 0 Å². The Hall–Kier alpha value is -0.0100. The average Bonchev–Trinajstić information content (AvgIpc) is 2.76. The number of rotatable bonds is 26. The van der Waals surface area contributed by atoms with Crippen molar-refractivity contribution in [3.63, 3.8) is 0 Å². The minimum absolute atomic E-state index is 0.0949. The van der Waals surface area contributed by atoms with Crippen LogP contribution >= 0.6 is 7.82 Å². The Morgan fingerprint density at radius 2 is 1.12 bits per heavy atom. The van der Waals surface area contributed by atoms with Crippen LogP contribution in [0.3, 0.4) is 0 Å². The molecule has 206 valence electrons. The van der Waals surface area contributed by atoms with Crippen molar-refractivity contribution < 1.29 is 32.8 Å². The van der Waals surface area contributed by atoms with Gasteiger partial charge in [-0.2, -0.15) is 0 Å². The zero-order chi connectivity index (χ0) is 25.5. The molecule has 0 spiro atoms. The fourth-order valence-corrected chi connectivity index (χ4v) is 4.41. The molecule has 0 aromatic rings. The molecule has 0 radical (unpaired) electrons. The summed E-state index contributed by atoms with van der Waals surface area (Å²) in [5.74, 6) is 0. The second-order valence-corrected chi connectivity index (χ2v) is 12.1. The highest BCUT2D eigenvalue weighted by Crippen LogP contribution is 2.43. The number of quaternary nitrogens is 1. The molecule has 0 bridgehead atoms. The molecule has 0 rings (SSSR count). The van der Waals surface area contributed by atoms with Gasteiger partial charge in [0, 0.05) is 6.61 Å². The fraction of sp³-hybridized carbons (Fsp3) is 1.00. The SMILES string of the molecule is CCCCCCCCCCCCCCCCCCOC[C@H](O)COP(=O)(O)OCC[N+](C)(C)C. The molecule has 2 atom stereocenters. The topological polar surface area (TPSA) is 85.2 Å². The molecular weight excluding hydrogens is 453 g/mol. The van der Waals surface area contributed by atoms with E-state index in [1.54, 1.807) is 0 Å². The van der Waals surface area contributed by atoms with Gasteiger partial charge in [0.2, 0.25) is 0 Å². The summed E-state index contributed by atoms with van der Waals surface area (Å²) in [4.78, 5) is 9.64. The lowest BCUT2D eigenvalue weighted by molar-refractivity contribution is -0.870. The largest absolute Gasteiger partial charge is 0.472 e. The Balaban J connectivity index is 3.37. The first kappa shape index (κ1) is 34.0. The number of aliphatic hydroxyl groups excluding tert-OH is 1. The lowest BCUT2D eigenvalue weighted by Gasteiger charge is -2.24. The summed E-state index contributed by atoms with van der Waals surface area (Å²) in [5, 5.41) is 9.86. The Labute approximate surface area is 210 Å². The lowest BCUT2D eigenvalue weighted by Crippen LogP contribution is -2.37. The highest BCUT2D eigenvalue weighted by molar-refractivity contribution is 7.47. The van der Waals surface area contributed by atoms with Gasteiger partial charge < -0.3 is 19.2 Å². The van der Waals surface area contributed by atoms with Gasteiger partial charge >= 0.3 is 7.82 Å². The van der Waals surface area contributed by atoms with Crippen LogP contribution in [0.2, 0.25) is 0 Å². The van der Waals surface area contributed by atoms with E-state index in [9.17, 15) is 14.6 Å². The molecule has 0 heterocycles. The molecule has 0 saturated carbocycles. The van der Waals surface area contributed by atoms with E-state index >= 15 is 0 Å². The third-order valence-electron chi connectivity index (χ3n) is 5.90. The molecule has 34 heavy (non-hydrogen) atoms. The summed E-state index contributed by atoms with van der Waals surface area (Å²) < 4.78 is 27.6. The molecular formula is C26H57NO6P+. The van der Waals surface area contributed by atoms with Gasteiger partial charge in [0.15, 0.2) is 0 Å². The van der Waals surface area contributed by atoms with E-state index in [1.165, 1.54) is 89.9 Å². The molecule has 0 aliphatic carbocycles. The van der Waals surface area contributed by atoms with Crippen molar-refractivity contribution in [1.82, 2.24) is 0 Å². The van der Waals surface area contributed by atoms with Crippen molar-refractivity contribution in [3.8, 4) is 0 Å². The number of phosphoric acid groups is 1. The Kier molecular flexibility index (Phi) is 22.2. The number of nitrogens with zero attached hydrogens (tertiary/aromatic N) is 1. The zero-order valence-corrected chi connectivity index (χ0v) is 23.7. The summed E-state index contributed by atoms with van der Waals surface area (Å²) in [5.41, 5.74) is 0. The molecule has 0 aromatic heterocycles. The maximum absolute atomic E-state index is 11.8. The standard InChI is InChI=1S/C26H56NO6P/c1-5-6-7-8-9-10-11-12-13-14-15-16-17-18-19-20-22-31-24-26(28)25-33-34(29,30)32-23-21-27(2,3)4/h26,28H,5-25H2,1-4H3/p+1/t26-/m0/s1. The first-order valence-electron chi connectivity index (χ1n) is 13.8. The first-order valence-corrected chi connectivity index (χ1v) is 15.3. The molecule has 0 aliphatic rings. The molecule has 0 aromatic carbocycles. The van der Waals surface area contributed by atoms with Crippen LogP contribution in [0.1, 0.15) is 110 Å². The molecule has 0 aliphatic heterocycles. The van der Waals surface area contributed by atoms with E-state index in [0.717, 1.165) is 12.8 Å². The summed E-state index contributed by atoms with van der Waals surface area (Å²) in [6.45, 7) is 3.37. The molecule has 0 saturated heterocycles. The van der Waals surface area contributed by atoms with Crippen molar-refractivity contribution in [2.45, 2.75) is 116 Å². The second-order valence-electron chi connectivity index (χ2n) is 10.6. The highest BCUT2D eigenvalue weighted by Gasteiger charge is 2.24. The first-order chi connectivity index (χ1) is 16.2. The minimum atomic E-state index is -4.14. The molecule has 7 nitrogen and oxygen atoms in total. The van der Waals surface area contributed by atoms with Crippen molar-refractivity contribution in [1.29, 1.82) is 0 Å². The van der Waals surface area contributed by atoms with Gasteiger partial charge in [0.25, 0.3) is 0 Å². The lowest BCUT2D eigenvalue weighted by atomic mass is 10.0. The summed E-state index contributed by atoms with van der Waals surface area (Å²) >= 11 is 0. The number of unbranched alkanes of at least 4 members (excludes halogenated alkanes) is 15. The normalized spacial score (nSPS) is 14.9. The smallest absolute Gasteiger partial charge is 0.388 e. The van der Waals surface area contributed by atoms with Gasteiger partial charge in [-0.3, -0.25) is 9.05 Å². The van der Waals surface area contributed by atoms with Gasteiger partial charge in [-0.05, 0) is 6.42 Å². The maximum Gasteiger partial charge on any atom is 0.472 e. The molecule has 2 N–H and O–H groups in total. The third-order valence-corrected chi connectivity index (χ3v) is 6.88. The van der Waals surface area contributed by atoms with Gasteiger partial charge in [-0.25, -0.2) is 4.57 Å². The van der Waals surface area contributed by atoms with Crippen LogP contribution in [0.5, 0.6) is 0 Å². The van der Waals surface area contributed by atoms with Crippen LogP contribution in [-0.4, -0.2) is 74.7 Å². The van der Waals surface area contributed by atoms with Crippen LogP contribution in [0.25, 0.3) is 0 Å². The highest BCUT2D eigenvalue weighted by atomic mass is 31.2. The van der Waals surface area contributed by atoms with Crippen LogP contribution in [-0.2, 0) is 18.3 Å². The Bertz CT molecular complexity index is 486. The predicted molar refractivity (Wildman–Crippen MR) is 141 cm³/mol. The molecule has 1 unspecified atom stereocenters. The number of aliphatic hydroxyl groups is 1. The van der Waals surface area contributed by atoms with Crippen LogP contribution in [0, 0.1) is 0 Å². The van der Waals surface area contributed by atoms with E-state index in [2.05, 4.69) is 6.92 Å². The van der Waals surface area contributed by atoms with Gasteiger partial charge in [0.05, 0.1) is 34.4 Å². The monoisotopic (exact) mass is 510 g/mol. The number of likely N-dealkylation sites (N-methyl/N-ethyl adjacent to an activating group) is 1. The average molecular weight is 511 g/mol. The quantitative estimate of drug-likeness (QED) is 0.0788. The fourth-order valence-electron chi connectivity index (χ4n) is 3.67. The van der Waals surface area contributed by atoms with E-state index in [0.29, 0.717) is 17.6 Å². The predicted octanol–water partition coefficient (Wildman–Crippen LogP) is 6.47.